The summed E-state index contributed by atoms with van der Waals surface area (Å²) in [6.45, 7) is 12.7. The van der Waals surface area contributed by atoms with Crippen molar-refractivity contribution in [2.24, 2.45) is 23.5 Å². The highest BCUT2D eigenvalue weighted by Gasteiger charge is 2.22. The Balaban J connectivity index is 2.25. The van der Waals surface area contributed by atoms with E-state index in [4.69, 9.17) is 5.73 Å². The van der Waals surface area contributed by atoms with Gasteiger partial charge in [0.15, 0.2) is 0 Å². The standard InChI is InChI=1S/C13H28N2/c1-10(2)12-5-7-15(8-6-12)9-13(14)11(3)4/h10-13H,5-9,14H2,1-4H3. The molecule has 15 heavy (non-hydrogen) atoms. The number of nitrogens with zero attached hydrogens (tertiary/aromatic N) is 1. The lowest BCUT2D eigenvalue weighted by atomic mass is 9.86. The van der Waals surface area contributed by atoms with Crippen LogP contribution in [0.5, 0.6) is 0 Å². The lowest BCUT2D eigenvalue weighted by Crippen LogP contribution is -2.44. The van der Waals surface area contributed by atoms with Gasteiger partial charge in [-0.05, 0) is 43.7 Å². The lowest BCUT2D eigenvalue weighted by Gasteiger charge is -2.35. The zero-order chi connectivity index (χ0) is 11.4. The first kappa shape index (κ1) is 13.0. The molecule has 1 heterocycles. The van der Waals surface area contributed by atoms with Crippen molar-refractivity contribution in [1.82, 2.24) is 4.90 Å². The van der Waals surface area contributed by atoms with E-state index in [2.05, 4.69) is 32.6 Å². The van der Waals surface area contributed by atoms with E-state index in [-0.39, 0.29) is 0 Å². The zero-order valence-electron chi connectivity index (χ0n) is 10.9. The quantitative estimate of drug-likeness (QED) is 0.775. The van der Waals surface area contributed by atoms with E-state index < -0.39 is 0 Å². The Hall–Kier alpha value is -0.0800. The Morgan fingerprint density at radius 1 is 1.13 bits per heavy atom. The summed E-state index contributed by atoms with van der Waals surface area (Å²) in [4.78, 5) is 2.55. The molecule has 0 saturated carbocycles. The minimum atomic E-state index is 0.348. The molecule has 0 bridgehead atoms. The van der Waals surface area contributed by atoms with Crippen molar-refractivity contribution in [3.05, 3.63) is 0 Å². The predicted molar refractivity (Wildman–Crippen MR) is 66.8 cm³/mol. The maximum absolute atomic E-state index is 6.10. The first-order valence-electron chi connectivity index (χ1n) is 6.48. The number of hydrogen-bond acceptors (Lipinski definition) is 2. The van der Waals surface area contributed by atoms with E-state index in [0.29, 0.717) is 12.0 Å². The van der Waals surface area contributed by atoms with Crippen molar-refractivity contribution in [3.8, 4) is 0 Å². The van der Waals surface area contributed by atoms with Gasteiger partial charge in [-0.1, -0.05) is 27.7 Å². The third-order valence-electron chi connectivity index (χ3n) is 3.90. The average molecular weight is 212 g/mol. The van der Waals surface area contributed by atoms with Crippen molar-refractivity contribution >= 4 is 0 Å². The number of likely N-dealkylation sites (tertiary alicyclic amines) is 1. The van der Waals surface area contributed by atoms with E-state index in [0.717, 1.165) is 18.4 Å². The van der Waals surface area contributed by atoms with Crippen LogP contribution in [0.2, 0.25) is 0 Å². The van der Waals surface area contributed by atoms with Crippen LogP contribution in [0.15, 0.2) is 0 Å². The molecule has 90 valence electrons. The fraction of sp³-hybridized carbons (Fsp3) is 1.00. The van der Waals surface area contributed by atoms with Crippen LogP contribution in [0.3, 0.4) is 0 Å². The van der Waals surface area contributed by atoms with Crippen LogP contribution >= 0.6 is 0 Å². The molecule has 1 aliphatic heterocycles. The van der Waals surface area contributed by atoms with Gasteiger partial charge in [0.1, 0.15) is 0 Å². The minimum absolute atomic E-state index is 0.348. The maximum Gasteiger partial charge on any atom is 0.0191 e. The molecule has 2 N–H and O–H groups in total. The van der Waals surface area contributed by atoms with Crippen molar-refractivity contribution in [2.45, 2.75) is 46.6 Å². The van der Waals surface area contributed by atoms with E-state index in [1.807, 2.05) is 0 Å². The van der Waals surface area contributed by atoms with Gasteiger partial charge >= 0.3 is 0 Å². The Kier molecular flexibility index (Phi) is 5.07. The van der Waals surface area contributed by atoms with Gasteiger partial charge in [-0.15, -0.1) is 0 Å². The third kappa shape index (κ3) is 4.12. The molecule has 2 nitrogen and oxygen atoms in total. The number of rotatable bonds is 4. The summed E-state index contributed by atoms with van der Waals surface area (Å²) >= 11 is 0. The van der Waals surface area contributed by atoms with Gasteiger partial charge in [-0.25, -0.2) is 0 Å². The Bertz CT molecular complexity index is 169. The summed E-state index contributed by atoms with van der Waals surface area (Å²) < 4.78 is 0. The highest BCUT2D eigenvalue weighted by atomic mass is 15.1. The molecule has 0 aromatic heterocycles. The van der Waals surface area contributed by atoms with Gasteiger partial charge in [-0.3, -0.25) is 0 Å². The molecule has 1 aliphatic rings. The van der Waals surface area contributed by atoms with Crippen LogP contribution in [0.25, 0.3) is 0 Å². The van der Waals surface area contributed by atoms with Crippen LogP contribution in [0, 0.1) is 17.8 Å². The second-order valence-corrected chi connectivity index (χ2v) is 5.79. The predicted octanol–water partition coefficient (Wildman–Crippen LogP) is 2.34. The summed E-state index contributed by atoms with van der Waals surface area (Å²) in [6, 6.07) is 0.348. The second-order valence-electron chi connectivity index (χ2n) is 5.79. The second kappa shape index (κ2) is 5.86. The smallest absolute Gasteiger partial charge is 0.0191 e. The Morgan fingerprint density at radius 2 is 1.67 bits per heavy atom. The molecule has 1 fully saturated rings. The molecular weight excluding hydrogens is 184 g/mol. The SMILES string of the molecule is CC(C)C(N)CN1CCC(C(C)C)CC1. The van der Waals surface area contributed by atoms with Crippen molar-refractivity contribution in [1.29, 1.82) is 0 Å². The van der Waals surface area contributed by atoms with E-state index >= 15 is 0 Å². The van der Waals surface area contributed by atoms with Crippen LogP contribution in [0.1, 0.15) is 40.5 Å². The summed E-state index contributed by atoms with van der Waals surface area (Å²) in [6.07, 6.45) is 2.73. The maximum atomic E-state index is 6.10. The highest BCUT2D eigenvalue weighted by molar-refractivity contribution is 4.78. The first-order chi connectivity index (χ1) is 7.00. The fourth-order valence-corrected chi connectivity index (χ4v) is 2.31. The molecule has 1 rings (SSSR count). The van der Waals surface area contributed by atoms with Crippen molar-refractivity contribution < 1.29 is 0 Å². The molecule has 0 aliphatic carbocycles. The lowest BCUT2D eigenvalue weighted by molar-refractivity contribution is 0.144. The van der Waals surface area contributed by atoms with Crippen molar-refractivity contribution in [3.63, 3.8) is 0 Å². The monoisotopic (exact) mass is 212 g/mol. The molecule has 0 radical (unpaired) electrons. The van der Waals surface area contributed by atoms with Crippen LogP contribution in [-0.4, -0.2) is 30.6 Å². The molecule has 0 spiro atoms. The average Bonchev–Trinajstić information content (AvgIpc) is 2.18. The van der Waals surface area contributed by atoms with E-state index in [1.165, 1.54) is 25.9 Å². The fourth-order valence-electron chi connectivity index (χ4n) is 2.31. The van der Waals surface area contributed by atoms with E-state index in [1.54, 1.807) is 0 Å². The molecular formula is C13H28N2. The Labute approximate surface area is 95.2 Å². The summed E-state index contributed by atoms with van der Waals surface area (Å²) in [5.41, 5.74) is 6.10. The largest absolute Gasteiger partial charge is 0.326 e. The zero-order valence-corrected chi connectivity index (χ0v) is 10.9. The molecule has 1 atom stereocenters. The molecule has 2 heteroatoms. The topological polar surface area (TPSA) is 29.3 Å². The van der Waals surface area contributed by atoms with Crippen LogP contribution < -0.4 is 5.73 Å². The minimum Gasteiger partial charge on any atom is -0.326 e. The third-order valence-corrected chi connectivity index (χ3v) is 3.90. The summed E-state index contributed by atoms with van der Waals surface area (Å²) in [5.74, 6) is 2.40. The number of piperidine rings is 1. The van der Waals surface area contributed by atoms with Gasteiger partial charge in [0, 0.05) is 12.6 Å². The van der Waals surface area contributed by atoms with E-state index in [9.17, 15) is 0 Å². The van der Waals surface area contributed by atoms with Gasteiger partial charge in [0.25, 0.3) is 0 Å². The number of hydrogen-bond donors (Lipinski definition) is 1. The van der Waals surface area contributed by atoms with Gasteiger partial charge in [0.2, 0.25) is 0 Å². The van der Waals surface area contributed by atoms with Crippen molar-refractivity contribution in [2.75, 3.05) is 19.6 Å². The molecule has 1 unspecified atom stereocenters. The normalized spacial score (nSPS) is 22.6. The Morgan fingerprint density at radius 3 is 2.07 bits per heavy atom. The van der Waals surface area contributed by atoms with Gasteiger partial charge in [0.05, 0.1) is 0 Å². The summed E-state index contributed by atoms with van der Waals surface area (Å²) in [7, 11) is 0. The molecule has 0 aromatic carbocycles. The van der Waals surface area contributed by atoms with Crippen LogP contribution in [-0.2, 0) is 0 Å². The first-order valence-corrected chi connectivity index (χ1v) is 6.48. The molecule has 0 aromatic rings. The highest BCUT2D eigenvalue weighted by Crippen LogP contribution is 2.24. The van der Waals surface area contributed by atoms with Crippen LogP contribution in [0.4, 0.5) is 0 Å². The summed E-state index contributed by atoms with van der Waals surface area (Å²) in [5, 5.41) is 0. The van der Waals surface area contributed by atoms with Gasteiger partial charge in [-0.2, -0.15) is 0 Å². The molecule has 1 saturated heterocycles. The van der Waals surface area contributed by atoms with Gasteiger partial charge < -0.3 is 10.6 Å². The number of nitrogens with two attached hydrogens (primary N) is 1. The molecule has 0 amide bonds.